The van der Waals surface area contributed by atoms with Crippen LogP contribution in [0.15, 0.2) is 23.3 Å². The summed E-state index contributed by atoms with van der Waals surface area (Å²) in [5.74, 6) is -0.795. The molecule has 0 spiro atoms. The van der Waals surface area contributed by atoms with Gasteiger partial charge in [0.2, 0.25) is 0 Å². The number of methoxy groups -OCH3 is 4. The van der Waals surface area contributed by atoms with Crippen molar-refractivity contribution in [3.05, 3.63) is 23.3 Å². The molecule has 8 fully saturated rings. The molecule has 468 valence electrons. The minimum Gasteiger partial charge on any atom is -0.458 e. The zero-order chi connectivity index (χ0) is 59.3. The second kappa shape index (κ2) is 26.3. The van der Waals surface area contributed by atoms with Crippen molar-refractivity contribution in [1.29, 1.82) is 0 Å². The predicted octanol–water partition coefficient (Wildman–Crippen LogP) is 4.08. The first-order valence-corrected chi connectivity index (χ1v) is 30.0. The van der Waals surface area contributed by atoms with Gasteiger partial charge in [-0.05, 0) is 111 Å². The summed E-state index contributed by atoms with van der Waals surface area (Å²) in [6.45, 7) is 16.4. The number of aliphatic hydroxyl groups is 5. The van der Waals surface area contributed by atoms with Gasteiger partial charge in [-0.2, -0.15) is 0 Å². The molecule has 0 unspecified atom stereocenters. The molecule has 9 rings (SSSR count). The first-order valence-electron chi connectivity index (χ1n) is 30.0. The van der Waals surface area contributed by atoms with E-state index < -0.39 is 159 Å². The van der Waals surface area contributed by atoms with Crippen molar-refractivity contribution in [2.45, 2.75) is 280 Å². The number of allylic oxidation sites excluding steroid dienone is 2. The minimum absolute atomic E-state index is 0.0308. The van der Waals surface area contributed by atoms with E-state index in [2.05, 4.69) is 13.0 Å². The van der Waals surface area contributed by atoms with Gasteiger partial charge in [0.05, 0.1) is 67.1 Å². The quantitative estimate of drug-likeness (QED) is 0.0735. The van der Waals surface area contributed by atoms with Crippen LogP contribution in [0.25, 0.3) is 0 Å². The van der Waals surface area contributed by atoms with Gasteiger partial charge in [0.25, 0.3) is 0 Å². The Hall–Kier alpha value is -2.14. The van der Waals surface area contributed by atoms with Gasteiger partial charge in [-0.25, -0.2) is 4.79 Å². The number of ether oxygens (including phenoxy) is 15. The van der Waals surface area contributed by atoms with Crippen LogP contribution < -0.4 is 0 Å². The van der Waals surface area contributed by atoms with Crippen molar-refractivity contribution in [2.24, 2.45) is 28.6 Å². The monoisotopic (exact) mass is 1170 g/mol. The lowest BCUT2D eigenvalue weighted by Crippen LogP contribution is -2.66. The molecule has 0 radical (unpaired) electrons. The summed E-state index contributed by atoms with van der Waals surface area (Å²) in [6.07, 6.45) is -6.79. The van der Waals surface area contributed by atoms with Crippen LogP contribution in [-0.4, -0.2) is 219 Å². The summed E-state index contributed by atoms with van der Waals surface area (Å²) in [4.78, 5) is 26.6. The summed E-state index contributed by atoms with van der Waals surface area (Å²) < 4.78 is 94.6. The minimum atomic E-state index is -1.60. The SMILES string of the molecule is C/C=C(\C)C(=O)O[C@@H]1C[C@H]2[C@@H](CC=C3C[C@@H](O[C@H]4C[C@H](OC)[C@H](O[C@H]5C[C@H](OC)[C@H](O[C@H]6C[C@H](OC)[C@H](O[C@H]7C[C@H](OC)[C@H](O[C@@H]8O[C@H](CO)[C@@H](O)[C@H](O)[C@H]8O)[C@@H](C)O7)[C@@H](C)O6)[C@@H](C)O5)[C@@H](C)O4)CC[C@@]32C)[C@@]2(O)CC[C@H](C(C)=O)[C@@]12C. The van der Waals surface area contributed by atoms with Gasteiger partial charge in [-0.1, -0.05) is 31.6 Å². The Labute approximate surface area is 483 Å². The fraction of sp³-hybridized carbons (Fsp3) is 0.900. The second-order valence-electron chi connectivity index (χ2n) is 25.3. The molecule has 0 aromatic heterocycles. The van der Waals surface area contributed by atoms with Gasteiger partial charge < -0.3 is 96.6 Å². The van der Waals surface area contributed by atoms with Gasteiger partial charge in [0.15, 0.2) is 31.5 Å². The highest BCUT2D eigenvalue weighted by atomic mass is 16.8. The maximum absolute atomic E-state index is 13.4. The summed E-state index contributed by atoms with van der Waals surface area (Å²) in [5, 5.41) is 53.8. The Balaban J connectivity index is 0.764. The maximum Gasteiger partial charge on any atom is 0.333 e. The van der Waals surface area contributed by atoms with Crippen molar-refractivity contribution in [1.82, 2.24) is 0 Å². The molecule has 9 aliphatic rings. The lowest BCUT2D eigenvalue weighted by atomic mass is 9.45. The highest BCUT2D eigenvalue weighted by molar-refractivity contribution is 5.88. The van der Waals surface area contributed by atoms with Gasteiger partial charge in [0, 0.05) is 71.0 Å². The standard InChI is InChI=1S/C60H96O22/c1-14-28(2)56(66)78-44-22-38-37(60(67)20-18-36(29(3)62)59(44,60)9)16-15-34-21-35(17-19-58(34,38)8)76-45-23-39(68-10)52(30(4)72-45)79-46-24-40(69-11)53(31(5)73-46)80-47-25-41(70-12)54(32(6)74-47)81-48-26-42(71-13)55(33(7)75-48)82-57-51(65)50(64)49(63)43(27-61)77-57/h14-15,30-33,35-55,57,61,63-65,67H,16-27H2,1-13H3/b28-14+/t30-,31-,32-,33-,35+,36-,37-,38+,39+,40+,41+,42+,43-,44-,45+,46+,47+,48+,49-,50+,51-,52-,53-,54-,55-,57+,58+,59+,60+/m1/s1. The molecule has 0 aromatic rings. The number of Topliss-reactive ketones (excluding diaryl/α,β-unsaturated/α-hetero) is 1. The van der Waals surface area contributed by atoms with Crippen molar-refractivity contribution >= 4 is 11.8 Å². The molecule has 22 nitrogen and oxygen atoms in total. The number of rotatable bonds is 18. The molecule has 29 atom stereocenters. The third-order valence-electron chi connectivity index (χ3n) is 20.9. The number of ketones is 1. The van der Waals surface area contributed by atoms with E-state index >= 15 is 0 Å². The lowest BCUT2D eigenvalue weighted by Gasteiger charge is -2.63. The van der Waals surface area contributed by atoms with Crippen LogP contribution in [0.3, 0.4) is 0 Å². The second-order valence-corrected chi connectivity index (χ2v) is 25.3. The average Bonchev–Trinajstić information content (AvgIpc) is 1.46. The van der Waals surface area contributed by atoms with E-state index in [1.807, 2.05) is 34.6 Å². The van der Waals surface area contributed by atoms with Crippen molar-refractivity contribution in [3.8, 4) is 0 Å². The maximum atomic E-state index is 13.4. The number of carbonyl (C=O) groups excluding carboxylic acids is 2. The van der Waals surface area contributed by atoms with Crippen LogP contribution in [0.4, 0.5) is 0 Å². The van der Waals surface area contributed by atoms with Crippen molar-refractivity contribution in [3.63, 3.8) is 0 Å². The molecule has 0 bridgehead atoms. The van der Waals surface area contributed by atoms with E-state index in [4.69, 9.17) is 71.1 Å². The molecule has 0 amide bonds. The first-order chi connectivity index (χ1) is 39.0. The molecule has 5 saturated heterocycles. The highest BCUT2D eigenvalue weighted by Gasteiger charge is 2.71. The average molecular weight is 1170 g/mol. The number of aliphatic hydroxyl groups excluding tert-OH is 4. The molecular weight excluding hydrogens is 1070 g/mol. The number of carbonyl (C=O) groups is 2. The van der Waals surface area contributed by atoms with Crippen LogP contribution in [0.1, 0.15) is 133 Å². The topological polar surface area (TPSA) is 274 Å². The molecule has 82 heavy (non-hydrogen) atoms. The Morgan fingerprint density at radius 3 is 1.56 bits per heavy atom. The fourth-order valence-corrected chi connectivity index (χ4v) is 16.0. The predicted molar refractivity (Wildman–Crippen MR) is 289 cm³/mol. The van der Waals surface area contributed by atoms with E-state index in [9.17, 15) is 35.1 Å². The number of esters is 1. The van der Waals surface area contributed by atoms with Crippen LogP contribution in [0, 0.1) is 28.6 Å². The van der Waals surface area contributed by atoms with Crippen LogP contribution in [-0.2, 0) is 80.6 Å². The van der Waals surface area contributed by atoms with Crippen LogP contribution in [0.2, 0.25) is 0 Å². The van der Waals surface area contributed by atoms with Gasteiger partial charge >= 0.3 is 5.97 Å². The van der Waals surface area contributed by atoms with Crippen molar-refractivity contribution in [2.75, 3.05) is 35.0 Å². The van der Waals surface area contributed by atoms with Crippen LogP contribution >= 0.6 is 0 Å². The Morgan fingerprint density at radius 1 is 0.634 bits per heavy atom. The molecule has 0 aromatic carbocycles. The largest absolute Gasteiger partial charge is 0.458 e. The zero-order valence-corrected chi connectivity index (χ0v) is 50.3. The normalized spacial score (nSPS) is 49.9. The lowest BCUT2D eigenvalue weighted by molar-refractivity contribution is -0.358. The Bertz CT molecular complexity index is 2230. The van der Waals surface area contributed by atoms with E-state index in [-0.39, 0.29) is 41.7 Å². The molecule has 3 saturated carbocycles. The molecule has 5 N–H and O–H groups in total. The summed E-state index contributed by atoms with van der Waals surface area (Å²) >= 11 is 0. The Kier molecular flexibility index (Phi) is 20.6. The third kappa shape index (κ3) is 12.2. The fourth-order valence-electron chi connectivity index (χ4n) is 16.0. The van der Waals surface area contributed by atoms with Crippen molar-refractivity contribution < 1.29 is 106 Å². The number of fused-ring (bicyclic) bond motifs is 5. The summed E-state index contributed by atoms with van der Waals surface area (Å²) in [7, 11) is 6.43. The molecular formula is C60H96O22. The van der Waals surface area contributed by atoms with Gasteiger partial charge in [-0.15, -0.1) is 0 Å². The molecule has 22 heteroatoms. The molecule has 4 aliphatic carbocycles. The first kappa shape index (κ1) is 64.3. The smallest absolute Gasteiger partial charge is 0.333 e. The van der Waals surface area contributed by atoms with Crippen LogP contribution in [0.5, 0.6) is 0 Å². The molecule has 5 aliphatic heterocycles. The summed E-state index contributed by atoms with van der Waals surface area (Å²) in [5.41, 5.74) is -0.516. The summed E-state index contributed by atoms with van der Waals surface area (Å²) in [6, 6.07) is 0. The van der Waals surface area contributed by atoms with Gasteiger partial charge in [-0.3, -0.25) is 4.79 Å². The van der Waals surface area contributed by atoms with E-state index in [1.54, 1.807) is 48.2 Å². The van der Waals surface area contributed by atoms with E-state index in [0.717, 1.165) is 12.8 Å². The Morgan fingerprint density at radius 2 is 1.11 bits per heavy atom. The zero-order valence-electron chi connectivity index (χ0n) is 50.3. The highest BCUT2D eigenvalue weighted by Crippen LogP contribution is 2.69. The third-order valence-corrected chi connectivity index (χ3v) is 20.9. The van der Waals surface area contributed by atoms with E-state index in [0.29, 0.717) is 56.9 Å². The molecule has 5 heterocycles. The number of hydrogen-bond donors (Lipinski definition) is 5. The number of hydrogen-bond acceptors (Lipinski definition) is 22. The van der Waals surface area contributed by atoms with Gasteiger partial charge in [0.1, 0.15) is 60.7 Å². The van der Waals surface area contributed by atoms with E-state index in [1.165, 1.54) is 12.7 Å².